The maximum atomic E-state index is 12.2. The number of hydrogen-bond acceptors (Lipinski definition) is 4. The lowest BCUT2D eigenvalue weighted by atomic mass is 9.97. The largest absolute Gasteiger partial charge is 0.508 e. The van der Waals surface area contributed by atoms with E-state index in [4.69, 9.17) is 0 Å². The zero-order valence-electron chi connectivity index (χ0n) is 11.4. The maximum absolute atomic E-state index is 12.2. The molecule has 2 heterocycles. The SMILES string of the molecule is O=C(NC1CCN2CCCC2C1)c1ccc(O)cc1O. The number of carbonyl (C=O) groups excluding carboxylic acids is 1. The van der Waals surface area contributed by atoms with Crippen molar-refractivity contribution in [1.82, 2.24) is 10.2 Å². The van der Waals surface area contributed by atoms with E-state index in [1.807, 2.05) is 0 Å². The topological polar surface area (TPSA) is 72.8 Å². The highest BCUT2D eigenvalue weighted by Crippen LogP contribution is 2.28. The standard InChI is InChI=1S/C15H20N2O3/c18-12-3-4-13(14(19)9-12)15(20)16-10-5-7-17-6-1-2-11(17)8-10/h3-4,9-11,18-19H,1-2,5-8H2,(H,16,20). The molecule has 0 saturated carbocycles. The number of amides is 1. The first-order chi connectivity index (χ1) is 9.63. The van der Waals surface area contributed by atoms with E-state index in [-0.39, 0.29) is 29.0 Å². The number of nitrogens with one attached hydrogen (secondary N) is 1. The average molecular weight is 276 g/mol. The predicted molar refractivity (Wildman–Crippen MR) is 74.9 cm³/mol. The second-order valence-electron chi connectivity index (χ2n) is 5.73. The lowest BCUT2D eigenvalue weighted by Crippen LogP contribution is -2.47. The second kappa shape index (κ2) is 5.32. The number of phenolic OH excluding ortho intramolecular Hbond substituents is 2. The van der Waals surface area contributed by atoms with Crippen molar-refractivity contribution < 1.29 is 15.0 Å². The molecule has 2 fully saturated rings. The van der Waals surface area contributed by atoms with E-state index in [1.54, 1.807) is 0 Å². The molecule has 0 radical (unpaired) electrons. The van der Waals surface area contributed by atoms with Gasteiger partial charge in [-0.15, -0.1) is 0 Å². The molecule has 3 rings (SSSR count). The number of phenols is 2. The molecule has 2 atom stereocenters. The number of benzene rings is 1. The molecule has 3 N–H and O–H groups in total. The third kappa shape index (κ3) is 2.58. The molecule has 5 nitrogen and oxygen atoms in total. The van der Waals surface area contributed by atoms with Gasteiger partial charge < -0.3 is 20.4 Å². The van der Waals surface area contributed by atoms with Gasteiger partial charge in [-0.3, -0.25) is 4.79 Å². The second-order valence-corrected chi connectivity index (χ2v) is 5.73. The number of aromatic hydroxyl groups is 2. The molecule has 1 amide bonds. The van der Waals surface area contributed by atoms with Crippen LogP contribution in [0.5, 0.6) is 11.5 Å². The molecule has 1 aromatic rings. The van der Waals surface area contributed by atoms with Gasteiger partial charge in [-0.05, 0) is 44.4 Å². The summed E-state index contributed by atoms with van der Waals surface area (Å²) in [4.78, 5) is 14.7. The van der Waals surface area contributed by atoms with Gasteiger partial charge in [-0.1, -0.05) is 0 Å². The van der Waals surface area contributed by atoms with Crippen LogP contribution in [0.3, 0.4) is 0 Å². The summed E-state index contributed by atoms with van der Waals surface area (Å²) in [6.45, 7) is 2.22. The summed E-state index contributed by atoms with van der Waals surface area (Å²) >= 11 is 0. The Morgan fingerprint density at radius 2 is 2.10 bits per heavy atom. The summed E-state index contributed by atoms with van der Waals surface area (Å²) in [6.07, 6.45) is 4.42. The molecule has 0 aromatic heterocycles. The summed E-state index contributed by atoms with van der Waals surface area (Å²) in [7, 11) is 0. The minimum Gasteiger partial charge on any atom is -0.508 e. The number of fused-ring (bicyclic) bond motifs is 1. The van der Waals surface area contributed by atoms with Crippen LogP contribution >= 0.6 is 0 Å². The first-order valence-electron chi connectivity index (χ1n) is 7.20. The summed E-state index contributed by atoms with van der Waals surface area (Å²) in [6, 6.07) is 4.82. The molecule has 0 bridgehead atoms. The average Bonchev–Trinajstić information content (AvgIpc) is 2.85. The van der Waals surface area contributed by atoms with Gasteiger partial charge in [0.25, 0.3) is 5.91 Å². The third-order valence-electron chi connectivity index (χ3n) is 4.38. The van der Waals surface area contributed by atoms with Crippen molar-refractivity contribution in [1.29, 1.82) is 0 Å². The van der Waals surface area contributed by atoms with Crippen LogP contribution < -0.4 is 5.32 Å². The molecule has 2 unspecified atom stereocenters. The molecular weight excluding hydrogens is 256 g/mol. The van der Waals surface area contributed by atoms with Gasteiger partial charge in [-0.2, -0.15) is 0 Å². The van der Waals surface area contributed by atoms with E-state index >= 15 is 0 Å². The highest BCUT2D eigenvalue weighted by atomic mass is 16.3. The summed E-state index contributed by atoms with van der Waals surface area (Å²) in [5, 5.41) is 22.0. The number of piperidine rings is 1. The van der Waals surface area contributed by atoms with E-state index in [9.17, 15) is 15.0 Å². The smallest absolute Gasteiger partial charge is 0.255 e. The number of carbonyl (C=O) groups is 1. The molecular formula is C15H20N2O3. The van der Waals surface area contributed by atoms with Gasteiger partial charge >= 0.3 is 0 Å². The first-order valence-corrected chi connectivity index (χ1v) is 7.20. The molecule has 5 heteroatoms. The van der Waals surface area contributed by atoms with E-state index in [2.05, 4.69) is 10.2 Å². The van der Waals surface area contributed by atoms with Crippen LogP contribution in [0.2, 0.25) is 0 Å². The molecule has 2 aliphatic rings. The van der Waals surface area contributed by atoms with Crippen LogP contribution in [-0.4, -0.2) is 46.2 Å². The van der Waals surface area contributed by atoms with E-state index < -0.39 is 0 Å². The fourth-order valence-electron chi connectivity index (χ4n) is 3.33. The fourth-order valence-corrected chi connectivity index (χ4v) is 3.33. The van der Waals surface area contributed by atoms with Crippen molar-refractivity contribution in [2.45, 2.75) is 37.8 Å². The van der Waals surface area contributed by atoms with E-state index in [0.717, 1.165) is 19.4 Å². The Morgan fingerprint density at radius 1 is 1.25 bits per heavy atom. The van der Waals surface area contributed by atoms with E-state index in [1.165, 1.54) is 37.6 Å². The van der Waals surface area contributed by atoms with Crippen LogP contribution in [0.25, 0.3) is 0 Å². The normalized spacial score (nSPS) is 26.2. The lowest BCUT2D eigenvalue weighted by molar-refractivity contribution is 0.0893. The number of nitrogens with zero attached hydrogens (tertiary/aromatic N) is 1. The number of hydrogen-bond donors (Lipinski definition) is 3. The van der Waals surface area contributed by atoms with Gasteiger partial charge in [0.15, 0.2) is 0 Å². The van der Waals surface area contributed by atoms with Crippen LogP contribution in [0, 0.1) is 0 Å². The Morgan fingerprint density at radius 3 is 2.90 bits per heavy atom. The quantitative estimate of drug-likeness (QED) is 0.764. The maximum Gasteiger partial charge on any atom is 0.255 e. The molecule has 20 heavy (non-hydrogen) atoms. The zero-order chi connectivity index (χ0) is 14.1. The third-order valence-corrected chi connectivity index (χ3v) is 4.38. The van der Waals surface area contributed by atoms with Crippen LogP contribution in [0.1, 0.15) is 36.0 Å². The fraction of sp³-hybridized carbons (Fsp3) is 0.533. The minimum atomic E-state index is -0.265. The molecule has 2 saturated heterocycles. The minimum absolute atomic E-state index is 0.0432. The van der Waals surface area contributed by atoms with Crippen molar-refractivity contribution >= 4 is 5.91 Å². The monoisotopic (exact) mass is 276 g/mol. The zero-order valence-corrected chi connectivity index (χ0v) is 11.4. The Kier molecular flexibility index (Phi) is 3.53. The molecule has 0 aliphatic carbocycles. The van der Waals surface area contributed by atoms with Crippen molar-refractivity contribution in [3.8, 4) is 11.5 Å². The van der Waals surface area contributed by atoms with Crippen molar-refractivity contribution in [3.05, 3.63) is 23.8 Å². The van der Waals surface area contributed by atoms with Crippen LogP contribution in [0.15, 0.2) is 18.2 Å². The Balaban J connectivity index is 1.64. The lowest BCUT2D eigenvalue weighted by Gasteiger charge is -2.35. The van der Waals surface area contributed by atoms with Gasteiger partial charge in [0.2, 0.25) is 0 Å². The summed E-state index contributed by atoms with van der Waals surface area (Å²) < 4.78 is 0. The summed E-state index contributed by atoms with van der Waals surface area (Å²) in [5.41, 5.74) is 0.219. The Labute approximate surface area is 118 Å². The van der Waals surface area contributed by atoms with Gasteiger partial charge in [0.1, 0.15) is 11.5 Å². The van der Waals surface area contributed by atoms with E-state index in [0.29, 0.717) is 6.04 Å². The van der Waals surface area contributed by atoms with Gasteiger partial charge in [-0.25, -0.2) is 0 Å². The highest BCUT2D eigenvalue weighted by Gasteiger charge is 2.32. The Bertz CT molecular complexity index is 518. The van der Waals surface area contributed by atoms with Crippen LogP contribution in [0.4, 0.5) is 0 Å². The molecule has 108 valence electrons. The molecule has 2 aliphatic heterocycles. The molecule has 0 spiro atoms. The van der Waals surface area contributed by atoms with Crippen LogP contribution in [-0.2, 0) is 0 Å². The van der Waals surface area contributed by atoms with Crippen molar-refractivity contribution in [2.75, 3.05) is 13.1 Å². The van der Waals surface area contributed by atoms with Gasteiger partial charge in [0.05, 0.1) is 5.56 Å². The van der Waals surface area contributed by atoms with Crippen molar-refractivity contribution in [3.63, 3.8) is 0 Å². The first kappa shape index (κ1) is 13.2. The highest BCUT2D eigenvalue weighted by molar-refractivity contribution is 5.97. The number of rotatable bonds is 2. The Hall–Kier alpha value is -1.75. The summed E-state index contributed by atoms with van der Waals surface area (Å²) in [5.74, 6) is -0.488. The van der Waals surface area contributed by atoms with Gasteiger partial charge in [0, 0.05) is 24.7 Å². The predicted octanol–water partition coefficient (Wildman–Crippen LogP) is 1.45. The molecule has 1 aromatic carbocycles. The van der Waals surface area contributed by atoms with Crippen molar-refractivity contribution in [2.24, 2.45) is 0 Å².